The van der Waals surface area contributed by atoms with Gasteiger partial charge in [-0.25, -0.2) is 8.42 Å². The molecule has 3 aromatic rings. The molecule has 0 aliphatic heterocycles. The lowest BCUT2D eigenvalue weighted by Gasteiger charge is -2.08. The first-order chi connectivity index (χ1) is 10.5. The maximum atomic E-state index is 12.2. The van der Waals surface area contributed by atoms with Gasteiger partial charge in [0.15, 0.2) is 0 Å². The fourth-order valence-electron chi connectivity index (χ4n) is 1.88. The summed E-state index contributed by atoms with van der Waals surface area (Å²) < 4.78 is 27.0. The summed E-state index contributed by atoms with van der Waals surface area (Å²) in [6, 6.07) is 10.1. The lowest BCUT2D eigenvalue weighted by Crippen LogP contribution is -2.13. The van der Waals surface area contributed by atoms with E-state index < -0.39 is 10.0 Å². The largest absolute Gasteiger partial charge is 0.280 e. The van der Waals surface area contributed by atoms with Crippen LogP contribution in [0.5, 0.6) is 0 Å². The Bertz CT molecular complexity index is 857. The molecule has 2 aromatic heterocycles. The van der Waals surface area contributed by atoms with Crippen molar-refractivity contribution in [1.29, 1.82) is 0 Å². The molecular formula is C14H13N5O2S. The van der Waals surface area contributed by atoms with Crippen LogP contribution in [0.15, 0.2) is 53.7 Å². The number of aryl methyl sites for hydroxylation is 1. The van der Waals surface area contributed by atoms with E-state index in [0.29, 0.717) is 11.4 Å². The van der Waals surface area contributed by atoms with E-state index in [-0.39, 0.29) is 4.90 Å². The van der Waals surface area contributed by atoms with Crippen LogP contribution >= 0.6 is 0 Å². The van der Waals surface area contributed by atoms with Crippen molar-refractivity contribution in [2.24, 2.45) is 0 Å². The van der Waals surface area contributed by atoms with Crippen LogP contribution in [0.2, 0.25) is 0 Å². The van der Waals surface area contributed by atoms with Crippen molar-refractivity contribution >= 4 is 15.7 Å². The Morgan fingerprint density at radius 2 is 1.82 bits per heavy atom. The maximum Gasteiger partial charge on any atom is 0.263 e. The first-order valence-electron chi connectivity index (χ1n) is 6.46. The molecule has 22 heavy (non-hydrogen) atoms. The van der Waals surface area contributed by atoms with Gasteiger partial charge in [0.25, 0.3) is 10.0 Å². The summed E-state index contributed by atoms with van der Waals surface area (Å²) in [4.78, 5) is 4.12. The summed E-state index contributed by atoms with van der Waals surface area (Å²) in [5, 5.41) is 10.2. The molecule has 0 saturated heterocycles. The topological polar surface area (TPSA) is 101 Å². The first kappa shape index (κ1) is 14.2. The van der Waals surface area contributed by atoms with Crippen LogP contribution in [0.3, 0.4) is 0 Å². The SMILES string of the molecule is Cc1ccc(S(=O)(=O)Nc2ccc(-c3cn[nH]n3)cc2)cn1. The summed E-state index contributed by atoms with van der Waals surface area (Å²) in [6.07, 6.45) is 2.93. The van der Waals surface area contributed by atoms with Crippen LogP contribution in [0.25, 0.3) is 11.3 Å². The van der Waals surface area contributed by atoms with E-state index in [1.807, 2.05) is 0 Å². The lowest BCUT2D eigenvalue weighted by atomic mass is 10.1. The molecule has 0 atom stereocenters. The molecule has 0 amide bonds. The fourth-order valence-corrected chi connectivity index (χ4v) is 2.88. The van der Waals surface area contributed by atoms with Crippen molar-refractivity contribution in [3.63, 3.8) is 0 Å². The predicted molar refractivity (Wildman–Crippen MR) is 81.6 cm³/mol. The van der Waals surface area contributed by atoms with E-state index >= 15 is 0 Å². The standard InChI is InChI=1S/C14H13N5O2S/c1-10-2-7-13(8-15-10)22(20,21)18-12-5-3-11(4-6-12)14-9-16-19-17-14/h2-9,18H,1H3,(H,16,17,19). The predicted octanol–water partition coefficient (Wildman–Crippen LogP) is 1.98. The van der Waals surface area contributed by atoms with Crippen molar-refractivity contribution in [1.82, 2.24) is 20.4 Å². The number of nitrogens with zero attached hydrogens (tertiary/aromatic N) is 3. The third-order valence-electron chi connectivity index (χ3n) is 3.04. The van der Waals surface area contributed by atoms with E-state index in [1.54, 1.807) is 43.5 Å². The van der Waals surface area contributed by atoms with Gasteiger partial charge < -0.3 is 0 Å². The monoisotopic (exact) mass is 315 g/mol. The zero-order chi connectivity index (χ0) is 15.6. The molecule has 0 aliphatic rings. The van der Waals surface area contributed by atoms with E-state index in [4.69, 9.17) is 0 Å². The highest BCUT2D eigenvalue weighted by Crippen LogP contribution is 2.20. The summed E-state index contributed by atoms with van der Waals surface area (Å²) in [7, 11) is -3.64. The summed E-state index contributed by atoms with van der Waals surface area (Å²) in [5.41, 5.74) is 2.76. The summed E-state index contributed by atoms with van der Waals surface area (Å²) in [6.45, 7) is 1.80. The Balaban J connectivity index is 1.82. The highest BCUT2D eigenvalue weighted by Gasteiger charge is 2.14. The molecule has 7 nitrogen and oxygen atoms in total. The molecular weight excluding hydrogens is 302 g/mol. The van der Waals surface area contributed by atoms with Crippen LogP contribution < -0.4 is 4.72 Å². The average Bonchev–Trinajstić information content (AvgIpc) is 3.02. The van der Waals surface area contributed by atoms with Crippen LogP contribution in [0.1, 0.15) is 5.69 Å². The third kappa shape index (κ3) is 2.96. The molecule has 112 valence electrons. The van der Waals surface area contributed by atoms with Gasteiger partial charge in [-0.2, -0.15) is 15.4 Å². The van der Waals surface area contributed by atoms with Crippen molar-refractivity contribution < 1.29 is 8.42 Å². The van der Waals surface area contributed by atoms with Crippen molar-refractivity contribution in [3.05, 3.63) is 54.5 Å². The highest BCUT2D eigenvalue weighted by molar-refractivity contribution is 7.92. The Morgan fingerprint density at radius 1 is 1.05 bits per heavy atom. The van der Waals surface area contributed by atoms with Gasteiger partial charge in [0.2, 0.25) is 0 Å². The van der Waals surface area contributed by atoms with Gasteiger partial charge in [-0.3, -0.25) is 9.71 Å². The minimum Gasteiger partial charge on any atom is -0.280 e. The lowest BCUT2D eigenvalue weighted by molar-refractivity contribution is 0.601. The number of pyridine rings is 1. The number of aromatic nitrogens is 4. The van der Waals surface area contributed by atoms with Gasteiger partial charge >= 0.3 is 0 Å². The number of sulfonamides is 1. The third-order valence-corrected chi connectivity index (χ3v) is 4.41. The number of H-pyrrole nitrogens is 1. The normalized spacial score (nSPS) is 11.3. The van der Waals surface area contributed by atoms with Crippen LogP contribution in [-0.2, 0) is 10.0 Å². The molecule has 0 spiro atoms. The Morgan fingerprint density at radius 3 is 2.41 bits per heavy atom. The van der Waals surface area contributed by atoms with Crippen molar-refractivity contribution in [2.75, 3.05) is 4.72 Å². The molecule has 0 aliphatic carbocycles. The van der Waals surface area contributed by atoms with E-state index in [1.165, 1.54) is 12.3 Å². The molecule has 0 fully saturated rings. The van der Waals surface area contributed by atoms with Gasteiger partial charge in [-0.15, -0.1) is 0 Å². The zero-order valence-electron chi connectivity index (χ0n) is 11.7. The molecule has 2 heterocycles. The van der Waals surface area contributed by atoms with Gasteiger partial charge in [-0.1, -0.05) is 12.1 Å². The number of aromatic amines is 1. The average molecular weight is 315 g/mol. The maximum absolute atomic E-state index is 12.2. The van der Waals surface area contributed by atoms with E-state index in [9.17, 15) is 8.42 Å². The van der Waals surface area contributed by atoms with Gasteiger partial charge in [0, 0.05) is 23.1 Å². The van der Waals surface area contributed by atoms with Crippen molar-refractivity contribution in [3.8, 4) is 11.3 Å². The van der Waals surface area contributed by atoms with Crippen LogP contribution in [0, 0.1) is 6.92 Å². The molecule has 2 N–H and O–H groups in total. The number of hydrogen-bond donors (Lipinski definition) is 2. The summed E-state index contributed by atoms with van der Waals surface area (Å²) in [5.74, 6) is 0. The number of rotatable bonds is 4. The summed E-state index contributed by atoms with van der Waals surface area (Å²) >= 11 is 0. The van der Waals surface area contributed by atoms with Gasteiger partial charge in [0.05, 0.1) is 6.20 Å². The second kappa shape index (κ2) is 5.57. The molecule has 0 saturated carbocycles. The number of anilines is 1. The minimum absolute atomic E-state index is 0.124. The molecule has 8 heteroatoms. The van der Waals surface area contributed by atoms with Crippen LogP contribution in [0.4, 0.5) is 5.69 Å². The second-order valence-electron chi connectivity index (χ2n) is 4.67. The van der Waals surface area contributed by atoms with Gasteiger partial charge in [-0.05, 0) is 31.2 Å². The van der Waals surface area contributed by atoms with E-state index in [0.717, 1.165) is 11.3 Å². The highest BCUT2D eigenvalue weighted by atomic mass is 32.2. The van der Waals surface area contributed by atoms with Gasteiger partial charge in [0.1, 0.15) is 10.6 Å². The fraction of sp³-hybridized carbons (Fsp3) is 0.0714. The number of nitrogens with one attached hydrogen (secondary N) is 2. The Hall–Kier alpha value is -2.74. The van der Waals surface area contributed by atoms with E-state index in [2.05, 4.69) is 25.1 Å². The number of hydrogen-bond acceptors (Lipinski definition) is 5. The zero-order valence-corrected chi connectivity index (χ0v) is 12.5. The molecule has 1 aromatic carbocycles. The van der Waals surface area contributed by atoms with Crippen molar-refractivity contribution in [2.45, 2.75) is 11.8 Å². The molecule has 0 unspecified atom stereocenters. The quantitative estimate of drug-likeness (QED) is 0.766. The second-order valence-corrected chi connectivity index (χ2v) is 6.36. The Kier molecular flexibility index (Phi) is 3.60. The number of benzene rings is 1. The smallest absolute Gasteiger partial charge is 0.263 e. The molecule has 0 bridgehead atoms. The molecule has 0 radical (unpaired) electrons. The molecule has 3 rings (SSSR count). The first-order valence-corrected chi connectivity index (χ1v) is 7.94. The minimum atomic E-state index is -3.64. The van der Waals surface area contributed by atoms with Crippen LogP contribution in [-0.4, -0.2) is 28.8 Å². The Labute approximate surface area is 127 Å².